The summed E-state index contributed by atoms with van der Waals surface area (Å²) in [4.78, 5) is 32.8. The molecule has 37 heavy (non-hydrogen) atoms. The highest BCUT2D eigenvalue weighted by atomic mass is 32.1. The quantitative estimate of drug-likeness (QED) is 0.312. The third-order valence-corrected chi connectivity index (χ3v) is 7.64. The van der Waals surface area contributed by atoms with Crippen LogP contribution >= 0.6 is 11.3 Å². The number of amides is 1. The van der Waals surface area contributed by atoms with Gasteiger partial charge in [-0.15, -0.1) is 11.3 Å². The summed E-state index contributed by atoms with van der Waals surface area (Å²) in [6.45, 7) is 8.62. The van der Waals surface area contributed by atoms with E-state index >= 15 is 4.39 Å². The summed E-state index contributed by atoms with van der Waals surface area (Å²) in [6, 6.07) is 2.76. The number of hydrogen-bond acceptors (Lipinski definition) is 6. The number of halogens is 2. The Morgan fingerprint density at radius 2 is 2.05 bits per heavy atom. The molecule has 0 bridgehead atoms. The summed E-state index contributed by atoms with van der Waals surface area (Å²) in [5.41, 5.74) is -0.454. The minimum atomic E-state index is -1.25. The van der Waals surface area contributed by atoms with Crippen LogP contribution in [0.25, 0.3) is 21.3 Å². The normalized spacial score (nSPS) is 12.7. The van der Waals surface area contributed by atoms with Gasteiger partial charge in [-0.2, -0.15) is 0 Å². The van der Waals surface area contributed by atoms with Crippen molar-refractivity contribution in [2.24, 2.45) is 7.05 Å². The SMILES string of the molecule is CCNC(=O)c1cc2c(-c3sc(C(C)C(C)(C)O)c(F)c3Oc3ncc(F)cc3C)cn(C)c(=O)c2[nH]1. The molecule has 0 radical (unpaired) electrons. The zero-order chi connectivity index (χ0) is 27.2. The standard InChI is InChI=1S/C26H28F2N4O4S/c1-7-29-23(33)17-9-15-16(11-32(6)25(34)19(15)31-17)22-20(36-24-12(2)8-14(27)10-30-24)18(28)21(37-22)13(3)26(4,5)35/h8-11,13,31,35H,7H2,1-6H3,(H,29,33). The van der Waals surface area contributed by atoms with E-state index < -0.39 is 23.2 Å². The average Bonchev–Trinajstić information content (AvgIpc) is 3.40. The van der Waals surface area contributed by atoms with E-state index in [9.17, 15) is 19.1 Å². The second-order valence-corrected chi connectivity index (χ2v) is 10.5. The van der Waals surface area contributed by atoms with E-state index in [1.54, 1.807) is 53.9 Å². The third kappa shape index (κ3) is 4.88. The lowest BCUT2D eigenvalue weighted by Crippen LogP contribution is -2.26. The molecule has 0 aliphatic carbocycles. The summed E-state index contributed by atoms with van der Waals surface area (Å²) < 4.78 is 36.9. The van der Waals surface area contributed by atoms with Gasteiger partial charge in [-0.25, -0.2) is 13.8 Å². The van der Waals surface area contributed by atoms with Crippen molar-refractivity contribution in [3.8, 4) is 22.1 Å². The lowest BCUT2D eigenvalue weighted by molar-refractivity contribution is 0.0558. The van der Waals surface area contributed by atoms with Gasteiger partial charge >= 0.3 is 0 Å². The van der Waals surface area contributed by atoms with Gasteiger partial charge in [-0.3, -0.25) is 9.59 Å². The highest BCUT2D eigenvalue weighted by molar-refractivity contribution is 7.16. The van der Waals surface area contributed by atoms with Crippen molar-refractivity contribution in [2.45, 2.75) is 46.1 Å². The molecule has 1 atom stereocenters. The van der Waals surface area contributed by atoms with Crippen LogP contribution in [0.15, 0.2) is 29.3 Å². The number of carbonyl (C=O) groups excluding carboxylic acids is 1. The van der Waals surface area contributed by atoms with E-state index in [0.29, 0.717) is 27.9 Å². The number of hydrogen-bond donors (Lipinski definition) is 3. The monoisotopic (exact) mass is 530 g/mol. The summed E-state index contributed by atoms with van der Waals surface area (Å²) in [5.74, 6) is -2.41. The van der Waals surface area contributed by atoms with Crippen molar-refractivity contribution in [3.63, 3.8) is 0 Å². The Bertz CT molecular complexity index is 1570. The fraction of sp³-hybridized carbons (Fsp3) is 0.346. The molecule has 4 aromatic heterocycles. The van der Waals surface area contributed by atoms with E-state index in [0.717, 1.165) is 17.5 Å². The van der Waals surface area contributed by atoms with Crippen LogP contribution in [0, 0.1) is 18.6 Å². The van der Waals surface area contributed by atoms with Crippen molar-refractivity contribution in [1.29, 1.82) is 0 Å². The summed E-state index contributed by atoms with van der Waals surface area (Å²) >= 11 is 1.07. The van der Waals surface area contributed by atoms with Gasteiger partial charge in [0.1, 0.15) is 17.0 Å². The minimum absolute atomic E-state index is 0.0138. The zero-order valence-corrected chi connectivity index (χ0v) is 22.1. The van der Waals surface area contributed by atoms with Gasteiger partial charge < -0.3 is 24.7 Å². The van der Waals surface area contributed by atoms with Crippen LogP contribution in [0.1, 0.15) is 54.5 Å². The number of fused-ring (bicyclic) bond motifs is 1. The number of nitrogens with one attached hydrogen (secondary N) is 2. The van der Waals surface area contributed by atoms with Gasteiger partial charge in [-0.05, 0) is 39.8 Å². The molecule has 11 heteroatoms. The number of aromatic amines is 1. The van der Waals surface area contributed by atoms with Crippen molar-refractivity contribution in [1.82, 2.24) is 19.9 Å². The van der Waals surface area contributed by atoms with Crippen molar-refractivity contribution in [2.75, 3.05) is 6.54 Å². The van der Waals surface area contributed by atoms with Crippen LogP contribution in [-0.2, 0) is 7.05 Å². The molecular weight excluding hydrogens is 502 g/mol. The highest BCUT2D eigenvalue weighted by Gasteiger charge is 2.33. The number of aryl methyl sites for hydroxylation is 2. The number of rotatable bonds is 7. The molecule has 8 nitrogen and oxygen atoms in total. The molecule has 4 rings (SSSR count). The topological polar surface area (TPSA) is 109 Å². The lowest BCUT2D eigenvalue weighted by Gasteiger charge is -2.24. The molecule has 1 unspecified atom stereocenters. The molecule has 0 aliphatic rings. The smallest absolute Gasteiger partial charge is 0.274 e. The number of aromatic nitrogens is 3. The largest absolute Gasteiger partial charge is 0.434 e. The Morgan fingerprint density at radius 3 is 2.68 bits per heavy atom. The first-order valence-corrected chi connectivity index (χ1v) is 12.5. The first-order valence-electron chi connectivity index (χ1n) is 11.7. The Morgan fingerprint density at radius 1 is 1.35 bits per heavy atom. The number of thiophene rings is 1. The maximum Gasteiger partial charge on any atom is 0.274 e. The first-order chi connectivity index (χ1) is 17.3. The van der Waals surface area contributed by atoms with Crippen LogP contribution in [-0.4, -0.2) is 37.7 Å². The Kier molecular flexibility index (Phi) is 6.95. The van der Waals surface area contributed by atoms with Gasteiger partial charge in [-0.1, -0.05) is 6.92 Å². The fourth-order valence-electron chi connectivity index (χ4n) is 3.90. The molecule has 0 aliphatic heterocycles. The molecule has 4 heterocycles. The van der Waals surface area contributed by atoms with Gasteiger partial charge in [0, 0.05) is 42.2 Å². The van der Waals surface area contributed by atoms with Crippen LogP contribution in [0.5, 0.6) is 11.6 Å². The van der Waals surface area contributed by atoms with E-state index in [1.165, 1.54) is 10.6 Å². The van der Waals surface area contributed by atoms with Gasteiger partial charge in [0.15, 0.2) is 11.6 Å². The molecule has 1 amide bonds. The predicted octanol–water partition coefficient (Wildman–Crippen LogP) is 4.99. The number of pyridine rings is 2. The third-order valence-electron chi connectivity index (χ3n) is 6.27. The lowest BCUT2D eigenvalue weighted by atomic mass is 9.91. The fourth-order valence-corrected chi connectivity index (χ4v) is 5.27. The van der Waals surface area contributed by atoms with E-state index in [4.69, 9.17) is 4.74 Å². The number of carbonyl (C=O) groups is 1. The number of H-pyrrole nitrogens is 1. The summed E-state index contributed by atoms with van der Waals surface area (Å²) in [6.07, 6.45) is 2.52. The molecule has 4 aromatic rings. The van der Waals surface area contributed by atoms with Gasteiger partial charge in [0.25, 0.3) is 11.5 Å². The maximum atomic E-state index is 16.0. The van der Waals surface area contributed by atoms with E-state index in [1.807, 2.05) is 0 Å². The van der Waals surface area contributed by atoms with Crippen LogP contribution < -0.4 is 15.6 Å². The second kappa shape index (κ2) is 9.71. The summed E-state index contributed by atoms with van der Waals surface area (Å²) in [5, 5.41) is 13.7. The van der Waals surface area contributed by atoms with Gasteiger partial charge in [0.05, 0.1) is 21.6 Å². The highest BCUT2D eigenvalue weighted by Crippen LogP contribution is 2.49. The molecule has 0 saturated heterocycles. The Balaban J connectivity index is 2.00. The maximum absolute atomic E-state index is 16.0. The van der Waals surface area contributed by atoms with Crippen LogP contribution in [0.2, 0.25) is 0 Å². The Hall–Kier alpha value is -3.57. The molecule has 3 N–H and O–H groups in total. The summed E-state index contributed by atoms with van der Waals surface area (Å²) in [7, 11) is 1.55. The van der Waals surface area contributed by atoms with E-state index in [2.05, 4.69) is 15.3 Å². The molecule has 0 aromatic carbocycles. The van der Waals surface area contributed by atoms with Crippen LogP contribution in [0.3, 0.4) is 0 Å². The zero-order valence-electron chi connectivity index (χ0n) is 21.3. The molecule has 0 saturated carbocycles. The molecule has 0 fully saturated rings. The molecule has 0 spiro atoms. The van der Waals surface area contributed by atoms with Crippen molar-refractivity contribution in [3.05, 3.63) is 62.6 Å². The van der Waals surface area contributed by atoms with Crippen molar-refractivity contribution >= 4 is 28.1 Å². The number of aliphatic hydroxyl groups is 1. The number of nitrogens with zero attached hydrogens (tertiary/aromatic N) is 2. The van der Waals surface area contributed by atoms with Crippen LogP contribution in [0.4, 0.5) is 8.78 Å². The average molecular weight is 531 g/mol. The first kappa shape index (κ1) is 26.5. The van der Waals surface area contributed by atoms with Gasteiger partial charge in [0.2, 0.25) is 5.88 Å². The van der Waals surface area contributed by atoms with E-state index in [-0.39, 0.29) is 39.2 Å². The predicted molar refractivity (Wildman–Crippen MR) is 139 cm³/mol. The Labute approximate surface area is 215 Å². The van der Waals surface area contributed by atoms with Crippen molar-refractivity contribution < 1.29 is 23.4 Å². The molecule has 196 valence electrons. The number of ether oxygens (including phenoxy) is 1. The molecular formula is C26H28F2N4O4S. The minimum Gasteiger partial charge on any atom is -0.434 e. The second-order valence-electron chi connectivity index (χ2n) is 9.48.